The summed E-state index contributed by atoms with van der Waals surface area (Å²) in [5.74, 6) is -6.76. The van der Waals surface area contributed by atoms with Crippen LogP contribution < -0.4 is 11.1 Å². The summed E-state index contributed by atoms with van der Waals surface area (Å²) in [6.07, 6.45) is 1.57. The average molecular weight is 696 g/mol. The van der Waals surface area contributed by atoms with E-state index in [4.69, 9.17) is 15.2 Å². The number of nitrogens with zero attached hydrogens (tertiary/aromatic N) is 1. The molecule has 272 valence electrons. The number of hydrogen-bond acceptors (Lipinski definition) is 7. The number of halogens is 1. The first-order chi connectivity index (χ1) is 23.3. The molecular formula is C38H50FN3O8. The monoisotopic (exact) mass is 695 g/mol. The molecule has 50 heavy (non-hydrogen) atoms. The summed E-state index contributed by atoms with van der Waals surface area (Å²) in [5, 5.41) is 12.6. The lowest BCUT2D eigenvalue weighted by atomic mass is 9.72. The second-order valence-electron chi connectivity index (χ2n) is 15.6. The van der Waals surface area contributed by atoms with Crippen molar-refractivity contribution in [2.75, 3.05) is 13.2 Å². The Bertz CT molecular complexity index is 1590. The Hall–Kier alpha value is -4.48. The van der Waals surface area contributed by atoms with Gasteiger partial charge in [-0.25, -0.2) is 14.0 Å². The minimum Gasteiger partial charge on any atom is -0.478 e. The lowest BCUT2D eigenvalue weighted by molar-refractivity contribution is -0.164. The molecule has 4 N–H and O–H groups in total. The highest BCUT2D eigenvalue weighted by molar-refractivity contribution is 5.94. The highest BCUT2D eigenvalue weighted by Gasteiger charge is 2.62. The normalized spacial score (nSPS) is 24.6. The third-order valence-corrected chi connectivity index (χ3v) is 9.90. The van der Waals surface area contributed by atoms with Crippen LogP contribution in [-0.2, 0) is 23.9 Å². The number of ether oxygens (including phenoxy) is 2. The topological polar surface area (TPSA) is 165 Å². The third kappa shape index (κ3) is 8.11. The molecule has 2 fully saturated rings. The summed E-state index contributed by atoms with van der Waals surface area (Å²) < 4.78 is 27.2. The van der Waals surface area contributed by atoms with Gasteiger partial charge in [-0.2, -0.15) is 0 Å². The molecule has 4 atom stereocenters. The molecule has 0 bridgehead atoms. The predicted molar refractivity (Wildman–Crippen MR) is 184 cm³/mol. The summed E-state index contributed by atoms with van der Waals surface area (Å²) >= 11 is 0. The van der Waals surface area contributed by atoms with Gasteiger partial charge < -0.3 is 30.5 Å². The number of carboxylic acid groups (broad SMARTS) is 1. The molecular weight excluding hydrogens is 645 g/mol. The van der Waals surface area contributed by atoms with Gasteiger partial charge in [0.2, 0.25) is 11.8 Å². The van der Waals surface area contributed by atoms with E-state index in [1.54, 1.807) is 71.9 Å². The van der Waals surface area contributed by atoms with Crippen LogP contribution in [0.1, 0.15) is 107 Å². The van der Waals surface area contributed by atoms with Crippen LogP contribution in [0.4, 0.5) is 9.18 Å². The zero-order chi connectivity index (χ0) is 37.2. The number of esters is 1. The molecule has 11 nitrogen and oxygen atoms in total. The van der Waals surface area contributed by atoms with Crippen LogP contribution >= 0.6 is 0 Å². The fourth-order valence-electron chi connectivity index (χ4n) is 7.32. The maximum absolute atomic E-state index is 16.0. The molecule has 2 aromatic rings. The largest absolute Gasteiger partial charge is 0.478 e. The molecule has 1 heterocycles. The third-order valence-electron chi connectivity index (χ3n) is 9.90. The van der Waals surface area contributed by atoms with Crippen molar-refractivity contribution >= 4 is 29.8 Å². The first-order valence-electron chi connectivity index (χ1n) is 17.1. The average Bonchev–Trinajstić information content (AvgIpc) is 3.38. The van der Waals surface area contributed by atoms with Crippen LogP contribution in [0.25, 0.3) is 0 Å². The summed E-state index contributed by atoms with van der Waals surface area (Å²) in [5.41, 5.74) is 2.74. The second kappa shape index (κ2) is 14.8. The zero-order valence-electron chi connectivity index (χ0n) is 30.0. The van der Waals surface area contributed by atoms with Crippen molar-refractivity contribution in [2.24, 2.45) is 23.0 Å². The van der Waals surface area contributed by atoms with E-state index < -0.39 is 76.2 Å². The van der Waals surface area contributed by atoms with Gasteiger partial charge in [0.05, 0.1) is 11.0 Å². The summed E-state index contributed by atoms with van der Waals surface area (Å²) in [6, 6.07) is 12.5. The molecule has 1 aliphatic heterocycles. The number of benzene rings is 2. The van der Waals surface area contributed by atoms with Crippen molar-refractivity contribution in [3.05, 3.63) is 71.0 Å². The van der Waals surface area contributed by atoms with Crippen LogP contribution in [0.3, 0.4) is 0 Å². The quantitative estimate of drug-likeness (QED) is 0.279. The van der Waals surface area contributed by atoms with E-state index in [1.807, 2.05) is 6.92 Å². The van der Waals surface area contributed by atoms with E-state index in [0.717, 1.165) is 6.07 Å². The first kappa shape index (κ1) is 38.3. The molecule has 2 aromatic carbocycles. The molecule has 3 amide bonds. The number of carbonyl (C=O) groups excluding carboxylic acids is 4. The number of nitrogens with two attached hydrogens (primary N) is 1. The van der Waals surface area contributed by atoms with Crippen LogP contribution in [0, 0.1) is 23.1 Å². The van der Waals surface area contributed by atoms with Crippen molar-refractivity contribution in [3.63, 3.8) is 0 Å². The predicted octanol–water partition coefficient (Wildman–Crippen LogP) is 5.77. The van der Waals surface area contributed by atoms with Gasteiger partial charge in [-0.15, -0.1) is 0 Å². The molecule has 1 aliphatic carbocycles. The number of aromatic carboxylic acids is 1. The van der Waals surface area contributed by atoms with Crippen molar-refractivity contribution in [1.82, 2.24) is 10.2 Å². The second-order valence-corrected chi connectivity index (χ2v) is 15.6. The smallest absolute Gasteiger partial charge is 0.407 e. The van der Waals surface area contributed by atoms with E-state index in [2.05, 4.69) is 5.32 Å². The zero-order valence-corrected chi connectivity index (χ0v) is 30.0. The number of alkyl carbamates (subject to hydrolysis) is 1. The Kier molecular flexibility index (Phi) is 11.3. The van der Waals surface area contributed by atoms with E-state index >= 15 is 4.39 Å². The SMILES string of the molecule is CC(NC(=O)OC(C)(C)C)[C@H]1CC[C@H](C(=O)N2CC(c3cccc(C(=O)O)c3F)[C@@H](c3ccccc3)[C@@]2(COC(=O)C(C)(C)C)C(N)=O)CC1. The highest BCUT2D eigenvalue weighted by atomic mass is 19.1. The van der Waals surface area contributed by atoms with E-state index in [1.165, 1.54) is 17.0 Å². The fourth-order valence-corrected chi connectivity index (χ4v) is 7.32. The molecule has 0 aromatic heterocycles. The molecule has 0 spiro atoms. The van der Waals surface area contributed by atoms with Gasteiger partial charge in [0.1, 0.15) is 18.0 Å². The number of nitrogens with one attached hydrogen (secondary N) is 1. The maximum Gasteiger partial charge on any atom is 0.407 e. The fraction of sp³-hybridized carbons (Fsp3) is 0.553. The van der Waals surface area contributed by atoms with Crippen LogP contribution in [0.5, 0.6) is 0 Å². The van der Waals surface area contributed by atoms with Gasteiger partial charge in [-0.05, 0) is 97.3 Å². The van der Waals surface area contributed by atoms with E-state index in [0.29, 0.717) is 31.2 Å². The molecule has 2 aliphatic rings. The Labute approximate surface area is 293 Å². The lowest BCUT2D eigenvalue weighted by Crippen LogP contribution is -2.63. The Morgan fingerprint density at radius 3 is 2.14 bits per heavy atom. The number of amides is 3. The minimum absolute atomic E-state index is 0.00702. The maximum atomic E-state index is 16.0. The van der Waals surface area contributed by atoms with Gasteiger partial charge in [-0.3, -0.25) is 14.4 Å². The van der Waals surface area contributed by atoms with Crippen LogP contribution in [-0.4, -0.2) is 70.2 Å². The molecule has 2 unspecified atom stereocenters. The number of carboxylic acids is 1. The van der Waals surface area contributed by atoms with Gasteiger partial charge in [-0.1, -0.05) is 42.5 Å². The van der Waals surface area contributed by atoms with Crippen molar-refractivity contribution < 1.29 is 42.9 Å². The summed E-state index contributed by atoms with van der Waals surface area (Å²) in [6.45, 7) is 11.5. The van der Waals surface area contributed by atoms with E-state index in [-0.39, 0.29) is 30.0 Å². The Balaban J connectivity index is 1.75. The molecule has 4 rings (SSSR count). The summed E-state index contributed by atoms with van der Waals surface area (Å²) in [4.78, 5) is 67.5. The van der Waals surface area contributed by atoms with Crippen molar-refractivity contribution in [2.45, 2.75) is 103 Å². The van der Waals surface area contributed by atoms with Gasteiger partial charge in [0.15, 0.2) is 5.54 Å². The van der Waals surface area contributed by atoms with E-state index in [9.17, 15) is 29.1 Å². The van der Waals surface area contributed by atoms with Gasteiger partial charge in [0, 0.05) is 30.3 Å². The minimum atomic E-state index is -1.93. The first-order valence-corrected chi connectivity index (χ1v) is 17.1. The van der Waals surface area contributed by atoms with Crippen LogP contribution in [0.2, 0.25) is 0 Å². The van der Waals surface area contributed by atoms with Gasteiger partial charge in [0.25, 0.3) is 0 Å². The van der Waals surface area contributed by atoms with Crippen LogP contribution in [0.15, 0.2) is 48.5 Å². The highest BCUT2D eigenvalue weighted by Crippen LogP contribution is 2.52. The lowest BCUT2D eigenvalue weighted by Gasteiger charge is -2.42. The number of primary amides is 1. The number of likely N-dealkylation sites (tertiary alicyclic amines) is 1. The molecule has 0 radical (unpaired) electrons. The number of carbonyl (C=O) groups is 5. The molecule has 1 saturated heterocycles. The van der Waals surface area contributed by atoms with Crippen molar-refractivity contribution in [3.8, 4) is 0 Å². The standard InChI is InChI=1S/C38H50FN3O8/c1-22(41-35(48)50-37(5,6)7)23-16-18-25(19-17-23)31(43)42-20-28(26-14-11-15-27(30(26)39)32(44)45)29(24-12-9-8-10-13-24)38(42,33(40)46)21-49-34(47)36(2,3)4/h8-15,22-23,25,28-29H,16-21H2,1-7H3,(H2,40,46)(H,41,48)(H,44,45)/t22?,23-,25-,28?,29-,38+/m1/s1. The Morgan fingerprint density at radius 2 is 1.60 bits per heavy atom. The molecule has 12 heteroatoms. The van der Waals surface area contributed by atoms with Gasteiger partial charge >= 0.3 is 18.0 Å². The molecule has 1 saturated carbocycles. The summed E-state index contributed by atoms with van der Waals surface area (Å²) in [7, 11) is 0. The number of rotatable bonds is 9. The number of hydrogen-bond donors (Lipinski definition) is 3. The Morgan fingerprint density at radius 1 is 0.980 bits per heavy atom. The van der Waals surface area contributed by atoms with Crippen molar-refractivity contribution in [1.29, 1.82) is 0 Å².